The van der Waals surface area contributed by atoms with Gasteiger partial charge in [-0.15, -0.1) is 0 Å². The quantitative estimate of drug-likeness (QED) is 0.809. The topological polar surface area (TPSA) is 78.4 Å². The van der Waals surface area contributed by atoms with Gasteiger partial charge in [-0.1, -0.05) is 54.6 Å². The average molecular weight is 324 g/mol. The van der Waals surface area contributed by atoms with Gasteiger partial charge in [-0.2, -0.15) is 0 Å². The van der Waals surface area contributed by atoms with Crippen molar-refractivity contribution >= 4 is 12.0 Å². The number of carboxylic acid groups (broad SMARTS) is 1. The third-order valence-corrected chi connectivity index (χ3v) is 4.53. The van der Waals surface area contributed by atoms with Gasteiger partial charge in [-0.25, -0.2) is 4.79 Å². The van der Waals surface area contributed by atoms with Crippen molar-refractivity contribution in [1.29, 1.82) is 0 Å². The smallest absolute Gasteiger partial charge is 0.405 e. The van der Waals surface area contributed by atoms with Crippen molar-refractivity contribution in [3.05, 3.63) is 71.3 Å². The molecule has 0 aromatic heterocycles. The SMILES string of the molecule is CC(C(=O)N[C@@H]1Cc2ccccc2[C@H]1NC(=O)O)c1ccccc1. The highest BCUT2D eigenvalue weighted by Crippen LogP contribution is 2.31. The van der Waals surface area contributed by atoms with Crippen LogP contribution in [0.5, 0.6) is 0 Å². The lowest BCUT2D eigenvalue weighted by molar-refractivity contribution is -0.123. The summed E-state index contributed by atoms with van der Waals surface area (Å²) < 4.78 is 0. The lowest BCUT2D eigenvalue weighted by Crippen LogP contribution is -2.45. The van der Waals surface area contributed by atoms with E-state index < -0.39 is 12.1 Å². The fourth-order valence-corrected chi connectivity index (χ4v) is 3.24. The molecule has 0 saturated heterocycles. The highest BCUT2D eigenvalue weighted by molar-refractivity contribution is 5.83. The number of carbonyl (C=O) groups is 2. The molecular formula is C19H20N2O3. The maximum Gasteiger partial charge on any atom is 0.405 e. The Morgan fingerprint density at radius 3 is 2.42 bits per heavy atom. The number of hydrogen-bond acceptors (Lipinski definition) is 2. The molecule has 5 nitrogen and oxygen atoms in total. The van der Waals surface area contributed by atoms with E-state index in [-0.39, 0.29) is 17.9 Å². The van der Waals surface area contributed by atoms with E-state index in [4.69, 9.17) is 5.11 Å². The fraction of sp³-hybridized carbons (Fsp3) is 0.263. The predicted octanol–water partition coefficient (Wildman–Crippen LogP) is 2.84. The molecular weight excluding hydrogens is 304 g/mol. The number of nitrogens with one attached hydrogen (secondary N) is 2. The number of amides is 2. The molecule has 5 heteroatoms. The molecule has 24 heavy (non-hydrogen) atoms. The van der Waals surface area contributed by atoms with Gasteiger partial charge in [0.05, 0.1) is 18.0 Å². The first-order chi connectivity index (χ1) is 11.6. The Bertz CT molecular complexity index is 745. The highest BCUT2D eigenvalue weighted by atomic mass is 16.4. The molecule has 0 fully saturated rings. The van der Waals surface area contributed by atoms with Gasteiger partial charge in [0.2, 0.25) is 5.91 Å². The predicted molar refractivity (Wildman–Crippen MR) is 90.8 cm³/mol. The number of carbonyl (C=O) groups excluding carboxylic acids is 1. The van der Waals surface area contributed by atoms with Crippen LogP contribution in [0, 0.1) is 0 Å². The molecule has 3 N–H and O–H groups in total. The maximum absolute atomic E-state index is 12.6. The first-order valence-electron chi connectivity index (χ1n) is 7.99. The third kappa shape index (κ3) is 3.25. The van der Waals surface area contributed by atoms with Crippen molar-refractivity contribution in [2.24, 2.45) is 0 Å². The van der Waals surface area contributed by atoms with Crippen LogP contribution >= 0.6 is 0 Å². The number of fused-ring (bicyclic) bond motifs is 1. The van der Waals surface area contributed by atoms with Crippen molar-refractivity contribution in [1.82, 2.24) is 10.6 Å². The second kappa shape index (κ2) is 6.74. The number of benzene rings is 2. The maximum atomic E-state index is 12.6. The van der Waals surface area contributed by atoms with Crippen LogP contribution in [0.4, 0.5) is 4.79 Å². The molecule has 2 amide bonds. The van der Waals surface area contributed by atoms with Gasteiger partial charge in [0.1, 0.15) is 0 Å². The minimum Gasteiger partial charge on any atom is -0.465 e. The van der Waals surface area contributed by atoms with E-state index in [0.29, 0.717) is 6.42 Å². The van der Waals surface area contributed by atoms with Crippen molar-refractivity contribution in [2.45, 2.75) is 31.3 Å². The summed E-state index contributed by atoms with van der Waals surface area (Å²) >= 11 is 0. The lowest BCUT2D eigenvalue weighted by atomic mass is 9.99. The normalized spacial score (nSPS) is 20.0. The largest absolute Gasteiger partial charge is 0.465 e. The van der Waals surface area contributed by atoms with Gasteiger partial charge in [0, 0.05) is 0 Å². The van der Waals surface area contributed by atoms with Gasteiger partial charge in [-0.3, -0.25) is 4.79 Å². The minimum atomic E-state index is -1.09. The number of hydrogen-bond donors (Lipinski definition) is 3. The first-order valence-corrected chi connectivity index (χ1v) is 7.99. The molecule has 0 radical (unpaired) electrons. The Balaban J connectivity index is 1.76. The summed E-state index contributed by atoms with van der Waals surface area (Å²) in [4.78, 5) is 23.7. The Kier molecular flexibility index (Phi) is 4.51. The van der Waals surface area contributed by atoms with E-state index in [9.17, 15) is 9.59 Å². The summed E-state index contributed by atoms with van der Waals surface area (Å²) in [6.07, 6.45) is -0.471. The first kappa shape index (κ1) is 16.1. The molecule has 0 aliphatic heterocycles. The molecule has 124 valence electrons. The van der Waals surface area contributed by atoms with Crippen LogP contribution in [0.3, 0.4) is 0 Å². The molecule has 2 aromatic rings. The van der Waals surface area contributed by atoms with Gasteiger partial charge in [-0.05, 0) is 30.0 Å². The molecule has 1 aliphatic carbocycles. The Morgan fingerprint density at radius 2 is 1.71 bits per heavy atom. The molecule has 0 spiro atoms. The third-order valence-electron chi connectivity index (χ3n) is 4.53. The van der Waals surface area contributed by atoms with E-state index in [1.54, 1.807) is 0 Å². The van der Waals surface area contributed by atoms with Gasteiger partial charge < -0.3 is 15.7 Å². The van der Waals surface area contributed by atoms with Crippen LogP contribution in [-0.4, -0.2) is 23.1 Å². The molecule has 1 aliphatic rings. The van der Waals surface area contributed by atoms with Crippen LogP contribution in [0.25, 0.3) is 0 Å². The molecule has 2 aromatic carbocycles. The van der Waals surface area contributed by atoms with E-state index in [2.05, 4.69) is 10.6 Å². The van der Waals surface area contributed by atoms with Crippen LogP contribution in [0.2, 0.25) is 0 Å². The summed E-state index contributed by atoms with van der Waals surface area (Å²) in [5, 5.41) is 14.7. The van der Waals surface area contributed by atoms with E-state index >= 15 is 0 Å². The highest BCUT2D eigenvalue weighted by Gasteiger charge is 2.35. The Hall–Kier alpha value is -2.82. The van der Waals surface area contributed by atoms with Crippen LogP contribution in [-0.2, 0) is 11.2 Å². The van der Waals surface area contributed by atoms with Crippen molar-refractivity contribution in [3.63, 3.8) is 0 Å². The summed E-state index contributed by atoms with van der Waals surface area (Å²) in [7, 11) is 0. The number of rotatable bonds is 4. The van der Waals surface area contributed by atoms with Crippen molar-refractivity contribution < 1.29 is 14.7 Å². The Morgan fingerprint density at radius 1 is 1.04 bits per heavy atom. The molecule has 1 unspecified atom stereocenters. The molecule has 3 atom stereocenters. The second-order valence-corrected chi connectivity index (χ2v) is 6.08. The summed E-state index contributed by atoms with van der Waals surface area (Å²) in [6, 6.07) is 16.5. The van der Waals surface area contributed by atoms with E-state index in [1.165, 1.54) is 0 Å². The van der Waals surface area contributed by atoms with Crippen LogP contribution in [0.1, 0.15) is 35.6 Å². The van der Waals surface area contributed by atoms with Gasteiger partial charge in [0.25, 0.3) is 0 Å². The van der Waals surface area contributed by atoms with E-state index in [0.717, 1.165) is 16.7 Å². The van der Waals surface area contributed by atoms with Crippen LogP contribution in [0.15, 0.2) is 54.6 Å². The van der Waals surface area contributed by atoms with Crippen molar-refractivity contribution in [2.75, 3.05) is 0 Å². The summed E-state index contributed by atoms with van der Waals surface area (Å²) in [6.45, 7) is 1.85. The summed E-state index contributed by atoms with van der Waals surface area (Å²) in [5.74, 6) is -0.392. The zero-order valence-corrected chi connectivity index (χ0v) is 13.4. The summed E-state index contributed by atoms with van der Waals surface area (Å²) in [5.41, 5.74) is 2.93. The zero-order chi connectivity index (χ0) is 17.1. The second-order valence-electron chi connectivity index (χ2n) is 6.08. The Labute approximate surface area is 140 Å². The molecule has 0 heterocycles. The van der Waals surface area contributed by atoms with E-state index in [1.807, 2.05) is 61.5 Å². The average Bonchev–Trinajstić information content (AvgIpc) is 2.92. The molecule has 3 rings (SSSR count). The standard InChI is InChI=1S/C19H20N2O3/c1-12(13-7-3-2-4-8-13)18(22)20-16-11-14-9-5-6-10-15(14)17(16)21-19(23)24/h2-10,12,16-17,21H,11H2,1H3,(H,20,22)(H,23,24)/t12?,16-,17-/m1/s1. The van der Waals surface area contributed by atoms with Gasteiger partial charge in [0.15, 0.2) is 0 Å². The monoisotopic (exact) mass is 324 g/mol. The van der Waals surface area contributed by atoms with Gasteiger partial charge >= 0.3 is 6.09 Å². The lowest BCUT2D eigenvalue weighted by Gasteiger charge is -2.23. The molecule has 0 bridgehead atoms. The zero-order valence-electron chi connectivity index (χ0n) is 13.4. The molecule has 0 saturated carbocycles. The van der Waals surface area contributed by atoms with Crippen LogP contribution < -0.4 is 10.6 Å². The minimum absolute atomic E-state index is 0.101. The van der Waals surface area contributed by atoms with Crippen molar-refractivity contribution in [3.8, 4) is 0 Å². The fourth-order valence-electron chi connectivity index (χ4n) is 3.24.